The third-order valence-corrected chi connectivity index (χ3v) is 6.34. The Morgan fingerprint density at radius 1 is 1.19 bits per heavy atom. The van der Waals surface area contributed by atoms with Crippen molar-refractivity contribution in [1.29, 1.82) is 0 Å². The number of rotatable bonds is 3. The summed E-state index contributed by atoms with van der Waals surface area (Å²) in [6.45, 7) is -0.0784. The normalized spacial score (nSPS) is 21.0. The van der Waals surface area contributed by atoms with Gasteiger partial charge in [-0.3, -0.25) is 0 Å². The third-order valence-electron chi connectivity index (χ3n) is 4.01. The van der Waals surface area contributed by atoms with E-state index in [1.54, 1.807) is 12.1 Å². The van der Waals surface area contributed by atoms with Crippen LogP contribution in [0.5, 0.6) is 0 Å². The van der Waals surface area contributed by atoms with Gasteiger partial charge in [0.15, 0.2) is 9.84 Å². The second kappa shape index (κ2) is 5.55. The lowest BCUT2D eigenvalue weighted by Crippen LogP contribution is -2.17. The van der Waals surface area contributed by atoms with Crippen molar-refractivity contribution in [1.82, 2.24) is 0 Å². The number of hydrogen-bond acceptors (Lipinski definition) is 3. The van der Waals surface area contributed by atoms with Gasteiger partial charge >= 0.3 is 0 Å². The molecule has 0 fully saturated rings. The Labute approximate surface area is 132 Å². The van der Waals surface area contributed by atoms with Gasteiger partial charge in [0.25, 0.3) is 0 Å². The van der Waals surface area contributed by atoms with Crippen LogP contribution >= 0.6 is 15.9 Å². The molecule has 1 heterocycles. The number of benzene rings is 2. The molecule has 0 saturated carbocycles. The highest BCUT2D eigenvalue weighted by molar-refractivity contribution is 9.10. The largest absolute Gasteiger partial charge is 0.396 e. The molecular weight excluding hydrogens is 352 g/mol. The fourth-order valence-electron chi connectivity index (χ4n) is 3.02. The Balaban J connectivity index is 2.08. The molecule has 0 amide bonds. The van der Waals surface area contributed by atoms with Gasteiger partial charge in [0.1, 0.15) is 0 Å². The molecule has 2 atom stereocenters. The van der Waals surface area contributed by atoms with E-state index in [1.807, 2.05) is 36.4 Å². The van der Waals surface area contributed by atoms with E-state index in [0.717, 1.165) is 15.6 Å². The van der Waals surface area contributed by atoms with Gasteiger partial charge in [-0.1, -0.05) is 46.3 Å². The monoisotopic (exact) mass is 366 g/mol. The van der Waals surface area contributed by atoms with Crippen LogP contribution in [-0.4, -0.2) is 25.9 Å². The summed E-state index contributed by atoms with van der Waals surface area (Å²) in [5.41, 5.74) is 1.76. The first-order valence-corrected chi connectivity index (χ1v) is 9.15. The van der Waals surface area contributed by atoms with E-state index in [4.69, 9.17) is 0 Å². The SMILES string of the molecule is O=S1(=O)CC(C(CO)c2cccc(Br)c2)c2ccccc21. The standard InChI is InChI=1S/C16H15BrO3S/c17-12-5-3-4-11(8-12)14(9-18)15-10-21(19,20)16-7-2-1-6-13(15)16/h1-8,14-15,18H,9-10H2. The first-order chi connectivity index (χ1) is 10.0. The van der Waals surface area contributed by atoms with Crippen molar-refractivity contribution in [3.05, 3.63) is 64.1 Å². The van der Waals surface area contributed by atoms with Gasteiger partial charge < -0.3 is 5.11 Å². The van der Waals surface area contributed by atoms with Crippen LogP contribution < -0.4 is 0 Å². The maximum absolute atomic E-state index is 12.3. The van der Waals surface area contributed by atoms with Gasteiger partial charge in [0.05, 0.1) is 17.3 Å². The maximum Gasteiger partial charge on any atom is 0.179 e. The summed E-state index contributed by atoms with van der Waals surface area (Å²) in [6, 6.07) is 14.8. The van der Waals surface area contributed by atoms with Gasteiger partial charge in [-0.25, -0.2) is 8.42 Å². The van der Waals surface area contributed by atoms with E-state index in [0.29, 0.717) is 4.90 Å². The van der Waals surface area contributed by atoms with Crippen molar-refractivity contribution in [2.45, 2.75) is 16.7 Å². The van der Waals surface area contributed by atoms with Crippen molar-refractivity contribution in [2.24, 2.45) is 0 Å². The third kappa shape index (κ3) is 2.65. The van der Waals surface area contributed by atoms with Crippen molar-refractivity contribution >= 4 is 25.8 Å². The average Bonchev–Trinajstić information content (AvgIpc) is 2.73. The zero-order valence-electron chi connectivity index (χ0n) is 11.2. The molecule has 0 saturated heterocycles. The fraction of sp³-hybridized carbons (Fsp3) is 0.250. The second-order valence-electron chi connectivity index (χ2n) is 5.27. The van der Waals surface area contributed by atoms with Crippen molar-refractivity contribution in [2.75, 3.05) is 12.4 Å². The smallest absolute Gasteiger partial charge is 0.179 e. The van der Waals surface area contributed by atoms with Gasteiger partial charge in [0, 0.05) is 16.3 Å². The molecule has 2 unspecified atom stereocenters. The molecule has 0 aliphatic carbocycles. The summed E-state index contributed by atoms with van der Waals surface area (Å²) in [5, 5.41) is 9.82. The van der Waals surface area contributed by atoms with Crippen molar-refractivity contribution in [3.63, 3.8) is 0 Å². The van der Waals surface area contributed by atoms with E-state index >= 15 is 0 Å². The zero-order valence-corrected chi connectivity index (χ0v) is 13.6. The van der Waals surface area contributed by atoms with E-state index in [9.17, 15) is 13.5 Å². The van der Waals surface area contributed by atoms with Crippen LogP contribution in [0.25, 0.3) is 0 Å². The zero-order chi connectivity index (χ0) is 15.0. The summed E-state index contributed by atoms with van der Waals surface area (Å²) in [6.07, 6.45) is 0. The van der Waals surface area contributed by atoms with Gasteiger partial charge in [0.2, 0.25) is 0 Å². The Bertz CT molecular complexity index is 771. The molecule has 3 nitrogen and oxygen atoms in total. The molecule has 0 spiro atoms. The lowest BCUT2D eigenvalue weighted by atomic mass is 9.83. The topological polar surface area (TPSA) is 54.4 Å². The van der Waals surface area contributed by atoms with E-state index in [2.05, 4.69) is 15.9 Å². The number of sulfone groups is 1. The molecular formula is C16H15BrO3S. The Kier molecular flexibility index (Phi) is 3.90. The molecule has 2 aromatic carbocycles. The molecule has 2 aromatic rings. The summed E-state index contributed by atoms with van der Waals surface area (Å²) in [7, 11) is -3.25. The van der Waals surface area contributed by atoms with Crippen LogP contribution in [0.4, 0.5) is 0 Å². The summed E-state index contributed by atoms with van der Waals surface area (Å²) < 4.78 is 25.5. The molecule has 0 bridgehead atoms. The number of aliphatic hydroxyl groups excluding tert-OH is 1. The Hall–Kier alpha value is -1.17. The van der Waals surface area contributed by atoms with Crippen LogP contribution in [0.15, 0.2) is 57.9 Å². The van der Waals surface area contributed by atoms with E-state index in [-0.39, 0.29) is 24.2 Å². The quantitative estimate of drug-likeness (QED) is 0.907. The van der Waals surface area contributed by atoms with Crippen LogP contribution in [0, 0.1) is 0 Å². The highest BCUT2D eigenvalue weighted by Gasteiger charge is 2.39. The fourth-order valence-corrected chi connectivity index (χ4v) is 5.37. The predicted molar refractivity (Wildman–Crippen MR) is 85.2 cm³/mol. The molecule has 110 valence electrons. The summed E-state index contributed by atoms with van der Waals surface area (Å²) in [5.74, 6) is -0.365. The first-order valence-electron chi connectivity index (χ1n) is 6.71. The predicted octanol–water partition coefficient (Wildman–Crippen LogP) is 3.10. The minimum absolute atomic E-state index is 0.0596. The van der Waals surface area contributed by atoms with Gasteiger partial charge in [-0.05, 0) is 29.3 Å². The van der Waals surface area contributed by atoms with Crippen molar-refractivity contribution < 1.29 is 13.5 Å². The molecule has 3 rings (SSSR count). The minimum atomic E-state index is -3.25. The molecule has 1 aliphatic heterocycles. The van der Waals surface area contributed by atoms with Crippen LogP contribution in [0.1, 0.15) is 23.0 Å². The molecule has 0 radical (unpaired) electrons. The maximum atomic E-state index is 12.3. The number of fused-ring (bicyclic) bond motifs is 1. The minimum Gasteiger partial charge on any atom is -0.396 e. The highest BCUT2D eigenvalue weighted by Crippen LogP contribution is 2.43. The molecule has 1 N–H and O–H groups in total. The van der Waals surface area contributed by atoms with Crippen LogP contribution in [0.2, 0.25) is 0 Å². The lowest BCUT2D eigenvalue weighted by Gasteiger charge is -2.22. The average molecular weight is 367 g/mol. The Morgan fingerprint density at radius 2 is 1.95 bits per heavy atom. The van der Waals surface area contributed by atoms with E-state index < -0.39 is 9.84 Å². The molecule has 0 aromatic heterocycles. The highest BCUT2D eigenvalue weighted by atomic mass is 79.9. The molecule has 21 heavy (non-hydrogen) atoms. The lowest BCUT2D eigenvalue weighted by molar-refractivity contribution is 0.252. The number of aliphatic hydroxyl groups is 1. The van der Waals surface area contributed by atoms with Crippen LogP contribution in [-0.2, 0) is 9.84 Å². The van der Waals surface area contributed by atoms with Crippen LogP contribution in [0.3, 0.4) is 0 Å². The van der Waals surface area contributed by atoms with Crippen molar-refractivity contribution in [3.8, 4) is 0 Å². The molecule has 1 aliphatic rings. The van der Waals surface area contributed by atoms with Gasteiger partial charge in [-0.2, -0.15) is 0 Å². The second-order valence-corrected chi connectivity index (χ2v) is 8.19. The molecule has 5 heteroatoms. The van der Waals surface area contributed by atoms with Gasteiger partial charge in [-0.15, -0.1) is 0 Å². The summed E-state index contributed by atoms with van der Waals surface area (Å²) in [4.78, 5) is 0.406. The first kappa shape index (κ1) is 14.8. The Morgan fingerprint density at radius 3 is 2.67 bits per heavy atom. The van der Waals surface area contributed by atoms with E-state index in [1.165, 1.54) is 0 Å². The summed E-state index contributed by atoms with van der Waals surface area (Å²) >= 11 is 3.42. The number of hydrogen-bond donors (Lipinski definition) is 1. The number of halogens is 1.